The minimum absolute atomic E-state index is 0.0877. The summed E-state index contributed by atoms with van der Waals surface area (Å²) in [5, 5.41) is 1.70. The monoisotopic (exact) mass is 335 g/mol. The lowest BCUT2D eigenvalue weighted by molar-refractivity contribution is -0.140. The highest BCUT2D eigenvalue weighted by Gasteiger charge is 2.36. The number of nitrogens with zero attached hydrogens (tertiary/aromatic N) is 2. The van der Waals surface area contributed by atoms with Gasteiger partial charge in [0.1, 0.15) is 10.5 Å². The molecule has 0 aliphatic heterocycles. The molecule has 0 saturated carbocycles. The molecular weight excluding hydrogens is 323 g/mol. The van der Waals surface area contributed by atoms with E-state index in [0.717, 1.165) is 10.8 Å². The number of alkyl halides is 3. The molecule has 2 N–H and O–H groups in total. The van der Waals surface area contributed by atoms with Crippen molar-refractivity contribution in [2.45, 2.75) is 6.18 Å². The Morgan fingerprint density at radius 2 is 1.74 bits per heavy atom. The summed E-state index contributed by atoms with van der Waals surface area (Å²) in [4.78, 5) is 3.77. The van der Waals surface area contributed by atoms with Crippen LogP contribution in [0.1, 0.15) is 5.69 Å². The van der Waals surface area contributed by atoms with Crippen LogP contribution in [-0.4, -0.2) is 9.55 Å². The van der Waals surface area contributed by atoms with E-state index < -0.39 is 17.6 Å². The van der Waals surface area contributed by atoms with Gasteiger partial charge >= 0.3 is 6.18 Å². The molecule has 0 bridgehead atoms. The van der Waals surface area contributed by atoms with Gasteiger partial charge in [-0.25, -0.2) is 4.98 Å². The normalized spacial score (nSPS) is 11.8. The van der Waals surface area contributed by atoms with Crippen molar-refractivity contribution < 1.29 is 13.2 Å². The molecule has 0 spiro atoms. The number of anilines is 1. The minimum Gasteiger partial charge on any atom is -0.395 e. The van der Waals surface area contributed by atoms with Crippen LogP contribution in [0.3, 0.4) is 0 Å². The number of benzene rings is 2. The van der Waals surface area contributed by atoms with E-state index in [1.807, 2.05) is 30.3 Å². The first-order chi connectivity index (χ1) is 10.8. The Bertz CT molecular complexity index is 956. The van der Waals surface area contributed by atoms with Crippen molar-refractivity contribution in [1.29, 1.82) is 0 Å². The summed E-state index contributed by atoms with van der Waals surface area (Å²) in [6, 6.07) is 12.8. The third kappa shape index (κ3) is 2.57. The van der Waals surface area contributed by atoms with Crippen molar-refractivity contribution in [3.05, 3.63) is 52.8 Å². The number of hydrogen-bond acceptors (Lipinski definition) is 3. The van der Waals surface area contributed by atoms with E-state index in [1.54, 1.807) is 19.2 Å². The SMILES string of the molecule is Cn1c(-c2cccc3ccccc23)nc(C(F)(F)F)c(N)c1=S. The zero-order valence-corrected chi connectivity index (χ0v) is 12.9. The van der Waals surface area contributed by atoms with Crippen molar-refractivity contribution in [2.75, 3.05) is 5.73 Å². The fourth-order valence-corrected chi connectivity index (χ4v) is 2.68. The molecule has 0 saturated heterocycles. The molecule has 0 atom stereocenters. The maximum atomic E-state index is 13.2. The first kappa shape index (κ1) is 15.5. The van der Waals surface area contributed by atoms with Gasteiger partial charge in [0.2, 0.25) is 0 Å². The van der Waals surface area contributed by atoms with Crippen LogP contribution in [0.2, 0.25) is 0 Å². The van der Waals surface area contributed by atoms with E-state index in [0.29, 0.717) is 5.56 Å². The first-order valence-corrected chi connectivity index (χ1v) is 7.13. The summed E-state index contributed by atoms with van der Waals surface area (Å²) >= 11 is 5.06. The van der Waals surface area contributed by atoms with Crippen LogP contribution in [0.15, 0.2) is 42.5 Å². The topological polar surface area (TPSA) is 43.8 Å². The Morgan fingerprint density at radius 3 is 2.43 bits per heavy atom. The lowest BCUT2D eigenvalue weighted by Gasteiger charge is -2.16. The van der Waals surface area contributed by atoms with Gasteiger partial charge in [-0.05, 0) is 10.8 Å². The molecule has 0 amide bonds. The van der Waals surface area contributed by atoms with Gasteiger partial charge in [-0.15, -0.1) is 0 Å². The van der Waals surface area contributed by atoms with Crippen molar-refractivity contribution in [3.8, 4) is 11.4 Å². The van der Waals surface area contributed by atoms with E-state index in [9.17, 15) is 13.2 Å². The van der Waals surface area contributed by atoms with Crippen molar-refractivity contribution in [1.82, 2.24) is 9.55 Å². The molecular formula is C16H12F3N3S. The summed E-state index contributed by atoms with van der Waals surface area (Å²) in [6.07, 6.45) is -4.66. The summed E-state index contributed by atoms with van der Waals surface area (Å²) in [5.41, 5.74) is 4.41. The Morgan fingerprint density at radius 1 is 1.09 bits per heavy atom. The fourth-order valence-electron chi connectivity index (χ4n) is 2.50. The van der Waals surface area contributed by atoms with Gasteiger partial charge in [-0.1, -0.05) is 54.7 Å². The van der Waals surface area contributed by atoms with Gasteiger partial charge in [-0.3, -0.25) is 0 Å². The van der Waals surface area contributed by atoms with Crippen LogP contribution in [-0.2, 0) is 13.2 Å². The minimum atomic E-state index is -4.66. The molecule has 2 aromatic carbocycles. The Hall–Kier alpha value is -2.41. The van der Waals surface area contributed by atoms with Crippen molar-refractivity contribution in [3.63, 3.8) is 0 Å². The average Bonchev–Trinajstić information content (AvgIpc) is 2.51. The van der Waals surface area contributed by atoms with Crippen molar-refractivity contribution >= 4 is 28.7 Å². The smallest absolute Gasteiger partial charge is 0.395 e. The summed E-state index contributed by atoms with van der Waals surface area (Å²) in [7, 11) is 1.56. The van der Waals surface area contributed by atoms with Crippen LogP contribution < -0.4 is 5.73 Å². The molecule has 0 unspecified atom stereocenters. The molecule has 3 aromatic rings. The second kappa shape index (κ2) is 5.34. The van der Waals surface area contributed by atoms with E-state index in [4.69, 9.17) is 18.0 Å². The molecule has 3 nitrogen and oxygen atoms in total. The van der Waals surface area contributed by atoms with Crippen LogP contribution in [0.25, 0.3) is 22.2 Å². The van der Waals surface area contributed by atoms with Crippen LogP contribution >= 0.6 is 12.2 Å². The second-order valence-electron chi connectivity index (χ2n) is 5.09. The number of rotatable bonds is 1. The molecule has 0 fully saturated rings. The quantitative estimate of drug-likeness (QED) is 0.663. The molecule has 3 rings (SSSR count). The van der Waals surface area contributed by atoms with E-state index in [2.05, 4.69) is 4.98 Å². The largest absolute Gasteiger partial charge is 0.435 e. The number of nitrogen functional groups attached to an aromatic ring is 1. The van der Waals surface area contributed by atoms with Gasteiger partial charge in [0.05, 0.1) is 5.69 Å². The number of aromatic nitrogens is 2. The average molecular weight is 335 g/mol. The summed E-state index contributed by atoms with van der Waals surface area (Å²) < 4.78 is 40.8. The van der Waals surface area contributed by atoms with E-state index in [1.165, 1.54) is 4.57 Å². The lowest BCUT2D eigenvalue weighted by Crippen LogP contribution is -2.17. The van der Waals surface area contributed by atoms with Crippen LogP contribution in [0.5, 0.6) is 0 Å². The fraction of sp³-hybridized carbons (Fsp3) is 0.125. The predicted molar refractivity (Wildman–Crippen MR) is 86.4 cm³/mol. The van der Waals surface area contributed by atoms with Gasteiger partial charge in [0.15, 0.2) is 5.69 Å². The Balaban J connectivity index is 2.40. The van der Waals surface area contributed by atoms with Gasteiger partial charge in [0.25, 0.3) is 0 Å². The summed E-state index contributed by atoms with van der Waals surface area (Å²) in [6.45, 7) is 0. The number of nitrogens with two attached hydrogens (primary N) is 1. The van der Waals surface area contributed by atoms with E-state index in [-0.39, 0.29) is 10.5 Å². The molecule has 1 heterocycles. The van der Waals surface area contributed by atoms with Gasteiger partial charge in [0, 0.05) is 12.6 Å². The highest BCUT2D eigenvalue weighted by molar-refractivity contribution is 7.71. The molecule has 0 aliphatic carbocycles. The molecule has 0 radical (unpaired) electrons. The number of halogens is 3. The lowest BCUT2D eigenvalue weighted by atomic mass is 10.0. The van der Waals surface area contributed by atoms with Crippen molar-refractivity contribution in [2.24, 2.45) is 7.05 Å². The second-order valence-corrected chi connectivity index (χ2v) is 5.47. The zero-order valence-electron chi connectivity index (χ0n) is 12.1. The first-order valence-electron chi connectivity index (χ1n) is 6.72. The van der Waals surface area contributed by atoms with Crippen LogP contribution in [0, 0.1) is 4.64 Å². The number of hydrogen-bond donors (Lipinski definition) is 1. The van der Waals surface area contributed by atoms with Crippen LogP contribution in [0.4, 0.5) is 18.9 Å². The molecule has 7 heteroatoms. The van der Waals surface area contributed by atoms with Gasteiger partial charge in [-0.2, -0.15) is 13.2 Å². The summed E-state index contributed by atoms with van der Waals surface area (Å²) in [5.74, 6) is 0.133. The zero-order chi connectivity index (χ0) is 16.8. The third-order valence-electron chi connectivity index (χ3n) is 3.62. The third-order valence-corrected chi connectivity index (χ3v) is 4.12. The highest BCUT2D eigenvalue weighted by atomic mass is 32.1. The number of fused-ring (bicyclic) bond motifs is 1. The van der Waals surface area contributed by atoms with Gasteiger partial charge < -0.3 is 10.3 Å². The maximum absolute atomic E-state index is 13.2. The highest BCUT2D eigenvalue weighted by Crippen LogP contribution is 2.35. The molecule has 118 valence electrons. The predicted octanol–water partition coefficient (Wildman–Crippen LogP) is 4.57. The maximum Gasteiger partial charge on any atom is 0.435 e. The van der Waals surface area contributed by atoms with E-state index >= 15 is 0 Å². The molecule has 0 aliphatic rings. The molecule has 1 aromatic heterocycles. The molecule has 23 heavy (non-hydrogen) atoms. The Labute approximate surface area is 135 Å². The standard InChI is InChI=1S/C16H12F3N3S/c1-22-14(21-13(16(17,18)19)12(20)15(22)23)11-8-4-6-9-5-2-3-7-10(9)11/h2-8H,20H2,1H3. The Kier molecular flexibility index (Phi) is 3.60.